The van der Waals surface area contributed by atoms with Crippen molar-refractivity contribution >= 4 is 50.5 Å². The Morgan fingerprint density at radius 1 is 1.20 bits per heavy atom. The third kappa shape index (κ3) is 4.86. The summed E-state index contributed by atoms with van der Waals surface area (Å²) >= 11 is 12.0. The molecule has 2 aromatic rings. The molecule has 25 heavy (non-hydrogen) atoms. The highest BCUT2D eigenvalue weighted by molar-refractivity contribution is 7.92. The van der Waals surface area contributed by atoms with Crippen molar-refractivity contribution in [1.29, 1.82) is 5.26 Å². The van der Waals surface area contributed by atoms with E-state index >= 15 is 0 Å². The van der Waals surface area contributed by atoms with Crippen LogP contribution in [0.3, 0.4) is 0 Å². The van der Waals surface area contributed by atoms with Gasteiger partial charge in [0.15, 0.2) is 0 Å². The Hall–Kier alpha value is -2.27. The molecule has 9 heteroatoms. The summed E-state index contributed by atoms with van der Waals surface area (Å²) in [5.74, 6) is -0.564. The summed E-state index contributed by atoms with van der Waals surface area (Å²) in [7, 11) is -3.77. The molecule has 0 radical (unpaired) electrons. The monoisotopic (exact) mass is 397 g/mol. The molecule has 0 unspecified atom stereocenters. The second-order valence-electron chi connectivity index (χ2n) is 5.08. The van der Waals surface area contributed by atoms with Gasteiger partial charge >= 0.3 is 0 Å². The van der Waals surface area contributed by atoms with Crippen LogP contribution in [-0.4, -0.2) is 27.1 Å². The lowest BCUT2D eigenvalue weighted by Gasteiger charge is -2.23. The third-order valence-corrected chi connectivity index (χ3v) is 5.12. The first-order chi connectivity index (χ1) is 11.7. The summed E-state index contributed by atoms with van der Waals surface area (Å²) in [6, 6.07) is 12.7. The molecule has 0 aliphatic carbocycles. The molecule has 0 spiro atoms. The molecule has 0 aromatic heterocycles. The SMILES string of the molecule is CS(=O)(=O)N(CC(=O)Nc1ccc(C#N)cc1)c1cccc(Cl)c1Cl. The normalized spacial score (nSPS) is 10.8. The summed E-state index contributed by atoms with van der Waals surface area (Å²) in [4.78, 5) is 12.2. The Kier molecular flexibility index (Phi) is 5.90. The first kappa shape index (κ1) is 19.1. The zero-order chi connectivity index (χ0) is 18.6. The van der Waals surface area contributed by atoms with Crippen molar-refractivity contribution in [3.8, 4) is 6.07 Å². The zero-order valence-corrected chi connectivity index (χ0v) is 15.4. The second-order valence-corrected chi connectivity index (χ2v) is 7.77. The predicted octanol–water partition coefficient (Wildman–Crippen LogP) is 3.27. The number of carbonyl (C=O) groups is 1. The third-order valence-electron chi connectivity index (χ3n) is 3.19. The second kappa shape index (κ2) is 7.74. The van der Waals surface area contributed by atoms with Crippen molar-refractivity contribution in [3.63, 3.8) is 0 Å². The summed E-state index contributed by atoms with van der Waals surface area (Å²) in [6.07, 6.45) is 0.971. The van der Waals surface area contributed by atoms with E-state index in [-0.39, 0.29) is 15.7 Å². The lowest BCUT2D eigenvalue weighted by atomic mass is 10.2. The number of nitrogens with zero attached hydrogens (tertiary/aromatic N) is 2. The molecule has 0 aliphatic heterocycles. The minimum Gasteiger partial charge on any atom is -0.325 e. The van der Waals surface area contributed by atoms with Gasteiger partial charge in [-0.15, -0.1) is 0 Å². The van der Waals surface area contributed by atoms with Crippen LogP contribution < -0.4 is 9.62 Å². The fraction of sp³-hybridized carbons (Fsp3) is 0.125. The average Bonchev–Trinajstić information content (AvgIpc) is 2.55. The molecule has 0 heterocycles. The lowest BCUT2D eigenvalue weighted by Crippen LogP contribution is -2.37. The van der Waals surface area contributed by atoms with Gasteiger partial charge in [0.25, 0.3) is 0 Å². The van der Waals surface area contributed by atoms with Gasteiger partial charge in [-0.25, -0.2) is 8.42 Å². The van der Waals surface area contributed by atoms with Crippen molar-refractivity contribution in [3.05, 3.63) is 58.1 Å². The molecule has 2 aromatic carbocycles. The van der Waals surface area contributed by atoms with Gasteiger partial charge in [-0.3, -0.25) is 9.10 Å². The van der Waals surface area contributed by atoms with Crippen LogP contribution in [0, 0.1) is 11.3 Å². The van der Waals surface area contributed by atoms with Crippen molar-refractivity contribution in [2.24, 2.45) is 0 Å². The molecular weight excluding hydrogens is 385 g/mol. The number of amides is 1. The van der Waals surface area contributed by atoms with Crippen molar-refractivity contribution in [1.82, 2.24) is 0 Å². The van der Waals surface area contributed by atoms with E-state index in [9.17, 15) is 13.2 Å². The first-order valence-electron chi connectivity index (χ1n) is 6.94. The Bertz CT molecular complexity index is 938. The van der Waals surface area contributed by atoms with E-state index in [1.807, 2.05) is 6.07 Å². The van der Waals surface area contributed by atoms with Gasteiger partial charge in [-0.2, -0.15) is 5.26 Å². The molecule has 0 saturated heterocycles. The molecule has 0 atom stereocenters. The molecule has 6 nitrogen and oxygen atoms in total. The van der Waals surface area contributed by atoms with E-state index in [1.165, 1.54) is 24.3 Å². The number of hydrogen-bond donors (Lipinski definition) is 1. The maximum Gasteiger partial charge on any atom is 0.245 e. The highest BCUT2D eigenvalue weighted by atomic mass is 35.5. The zero-order valence-electron chi connectivity index (χ0n) is 13.0. The summed E-state index contributed by atoms with van der Waals surface area (Å²) in [5.41, 5.74) is 1.00. The van der Waals surface area contributed by atoms with E-state index in [2.05, 4.69) is 5.32 Å². The van der Waals surface area contributed by atoms with E-state index in [4.69, 9.17) is 28.5 Å². The van der Waals surface area contributed by atoms with Gasteiger partial charge in [-0.1, -0.05) is 29.3 Å². The van der Waals surface area contributed by atoms with Gasteiger partial charge in [-0.05, 0) is 36.4 Å². The van der Waals surface area contributed by atoms with Crippen LogP contribution in [-0.2, 0) is 14.8 Å². The minimum absolute atomic E-state index is 0.0424. The highest BCUT2D eigenvalue weighted by Gasteiger charge is 2.24. The number of benzene rings is 2. The van der Waals surface area contributed by atoms with Crippen molar-refractivity contribution in [2.75, 3.05) is 22.4 Å². The number of nitriles is 1. The number of hydrogen-bond acceptors (Lipinski definition) is 4. The Labute approximate surface area is 155 Å². The molecule has 0 fully saturated rings. The first-order valence-corrected chi connectivity index (χ1v) is 9.54. The van der Waals surface area contributed by atoms with Crippen LogP contribution in [0.25, 0.3) is 0 Å². The Morgan fingerprint density at radius 3 is 2.40 bits per heavy atom. The van der Waals surface area contributed by atoms with E-state index < -0.39 is 22.5 Å². The Balaban J connectivity index is 2.24. The number of rotatable bonds is 5. The van der Waals surface area contributed by atoms with Crippen LogP contribution in [0.5, 0.6) is 0 Å². The molecule has 2 rings (SSSR count). The minimum atomic E-state index is -3.77. The van der Waals surface area contributed by atoms with Crippen LogP contribution in [0.1, 0.15) is 5.56 Å². The van der Waals surface area contributed by atoms with Gasteiger partial charge in [0, 0.05) is 5.69 Å². The summed E-state index contributed by atoms with van der Waals surface area (Å²) < 4.78 is 25.0. The topological polar surface area (TPSA) is 90.3 Å². The van der Waals surface area contributed by atoms with Crippen LogP contribution in [0.4, 0.5) is 11.4 Å². The molecule has 130 valence electrons. The highest BCUT2D eigenvalue weighted by Crippen LogP contribution is 2.33. The number of nitrogens with one attached hydrogen (secondary N) is 1. The molecule has 0 aliphatic rings. The molecule has 1 N–H and O–H groups in total. The van der Waals surface area contributed by atoms with Gasteiger partial charge in [0.05, 0.1) is 33.6 Å². The van der Waals surface area contributed by atoms with Gasteiger partial charge in [0.1, 0.15) is 6.54 Å². The van der Waals surface area contributed by atoms with Crippen LogP contribution in [0.15, 0.2) is 42.5 Å². The largest absolute Gasteiger partial charge is 0.325 e. The fourth-order valence-electron chi connectivity index (χ4n) is 2.03. The van der Waals surface area contributed by atoms with Crippen molar-refractivity contribution < 1.29 is 13.2 Å². The number of carbonyl (C=O) groups excluding carboxylic acids is 1. The smallest absolute Gasteiger partial charge is 0.245 e. The lowest BCUT2D eigenvalue weighted by molar-refractivity contribution is -0.114. The maximum absolute atomic E-state index is 12.2. The standard InChI is InChI=1S/C16H13Cl2N3O3S/c1-25(23,24)21(14-4-2-3-13(17)16(14)18)10-15(22)20-12-7-5-11(9-19)6-8-12/h2-8H,10H2,1H3,(H,20,22). The summed E-state index contributed by atoms with van der Waals surface area (Å²) in [5, 5.41) is 11.6. The Morgan fingerprint density at radius 2 is 1.84 bits per heavy atom. The predicted molar refractivity (Wildman–Crippen MR) is 98.4 cm³/mol. The van der Waals surface area contributed by atoms with Crippen LogP contribution >= 0.6 is 23.2 Å². The molecule has 0 bridgehead atoms. The van der Waals surface area contributed by atoms with Gasteiger partial charge in [0.2, 0.25) is 15.9 Å². The molecule has 1 amide bonds. The average molecular weight is 398 g/mol. The number of anilines is 2. The van der Waals surface area contributed by atoms with Crippen molar-refractivity contribution in [2.45, 2.75) is 0 Å². The summed E-state index contributed by atoms with van der Waals surface area (Å²) in [6.45, 7) is -0.473. The molecular formula is C16H13Cl2N3O3S. The van der Waals surface area contributed by atoms with E-state index in [0.717, 1.165) is 10.6 Å². The number of sulfonamides is 1. The van der Waals surface area contributed by atoms with E-state index in [0.29, 0.717) is 11.3 Å². The fourth-order valence-corrected chi connectivity index (χ4v) is 3.33. The van der Waals surface area contributed by atoms with E-state index in [1.54, 1.807) is 18.2 Å². The van der Waals surface area contributed by atoms with Crippen LogP contribution in [0.2, 0.25) is 10.0 Å². The quantitative estimate of drug-likeness (QED) is 0.837. The number of halogens is 2. The maximum atomic E-state index is 12.2. The van der Waals surface area contributed by atoms with Gasteiger partial charge < -0.3 is 5.32 Å². The molecule has 0 saturated carbocycles.